The van der Waals surface area contributed by atoms with Crippen LogP contribution < -0.4 is 19.9 Å². The number of hydrogen-bond acceptors (Lipinski definition) is 13. The fourth-order valence-corrected chi connectivity index (χ4v) is 9.13. The maximum absolute atomic E-state index is 15.4. The van der Waals surface area contributed by atoms with Crippen LogP contribution in [0.4, 0.5) is 28.9 Å². The third kappa shape index (κ3) is 10.2. The molecule has 21 heteroatoms. The zero-order valence-corrected chi connectivity index (χ0v) is 39.1. The van der Waals surface area contributed by atoms with Crippen molar-refractivity contribution in [2.45, 2.75) is 91.0 Å². The van der Waals surface area contributed by atoms with Crippen molar-refractivity contribution < 1.29 is 45.8 Å². The lowest BCUT2D eigenvalue weighted by molar-refractivity contribution is -0.141. The van der Waals surface area contributed by atoms with Crippen LogP contribution in [0, 0.1) is 29.5 Å². The Kier molecular flexibility index (Phi) is 14.1. The van der Waals surface area contributed by atoms with Gasteiger partial charge < -0.3 is 29.0 Å². The second kappa shape index (κ2) is 19.5. The fraction of sp³-hybridized carbons (Fsp3) is 0.413. The molecule has 2 aromatic carbocycles. The van der Waals surface area contributed by atoms with E-state index in [-0.39, 0.29) is 17.6 Å². The molecule has 67 heavy (non-hydrogen) atoms. The number of nitrogens with one attached hydrogen (secondary N) is 1. The topological polar surface area (TPSA) is 180 Å². The number of carbonyl (C=O) groups excluding carboxylic acids is 3. The summed E-state index contributed by atoms with van der Waals surface area (Å²) in [5.41, 5.74) is -1.29. The van der Waals surface area contributed by atoms with Gasteiger partial charge in [-0.05, 0) is 113 Å². The first-order valence-corrected chi connectivity index (χ1v) is 22.6. The van der Waals surface area contributed by atoms with Crippen LogP contribution in [0.15, 0.2) is 64.7 Å². The number of hydrogen-bond donors (Lipinski definition) is 1. The lowest BCUT2D eigenvalue weighted by Crippen LogP contribution is -2.55. The highest BCUT2D eigenvalue weighted by atomic mass is 32.1. The molecule has 5 heterocycles. The summed E-state index contributed by atoms with van der Waals surface area (Å²) in [5.74, 6) is -1.85. The number of unbranched alkanes of at least 4 members (excludes halogenated alkanes) is 1. The van der Waals surface area contributed by atoms with Crippen molar-refractivity contribution in [3.8, 4) is 33.8 Å². The van der Waals surface area contributed by atoms with E-state index in [0.29, 0.717) is 72.8 Å². The van der Waals surface area contributed by atoms with Crippen molar-refractivity contribution in [2.24, 2.45) is 5.41 Å². The number of ether oxygens (including phenoxy) is 2. The van der Waals surface area contributed by atoms with Gasteiger partial charge in [0.2, 0.25) is 17.7 Å². The number of amides is 3. The summed E-state index contributed by atoms with van der Waals surface area (Å²) in [5, 5.41) is 20.3. The number of carbonyl (C=O) groups is 3. The number of nitriles is 1. The molecule has 3 amide bonds. The third-order valence-electron chi connectivity index (χ3n) is 11.4. The summed E-state index contributed by atoms with van der Waals surface area (Å²) in [7, 11) is 0. The Balaban J connectivity index is 0.864. The van der Waals surface area contributed by atoms with Crippen LogP contribution in [-0.4, -0.2) is 85.8 Å². The highest BCUT2D eigenvalue weighted by Crippen LogP contribution is 2.42. The van der Waals surface area contributed by atoms with Gasteiger partial charge >= 0.3 is 6.18 Å². The minimum atomic E-state index is -5.19. The summed E-state index contributed by atoms with van der Waals surface area (Å²) in [4.78, 5) is 53.9. The Bertz CT molecular complexity index is 2700. The summed E-state index contributed by atoms with van der Waals surface area (Å²) >= 11 is 6.94. The molecule has 1 N–H and O–H groups in total. The summed E-state index contributed by atoms with van der Waals surface area (Å²) in [6, 6.07) is 12.4. The SMILES string of the molecule is Cc1ncsc1-c1nnc(C2CCCN2C(=O)C(NC(=O)COCCCCOc2ccc(-c3ccc(N4C(=S)N(c5ccc(C#N)c(C(F)(F)F)c5F)C(=O)C4(C)C)cn3)cc2)C(C)(C)C)o1. The van der Waals surface area contributed by atoms with E-state index in [4.69, 9.17) is 26.1 Å². The molecule has 7 rings (SSSR count). The molecule has 3 aromatic heterocycles. The van der Waals surface area contributed by atoms with Gasteiger partial charge in [-0.3, -0.25) is 24.3 Å². The molecule has 2 aliphatic heterocycles. The average molecular weight is 962 g/mol. The maximum Gasteiger partial charge on any atom is 0.420 e. The molecule has 15 nitrogen and oxygen atoms in total. The number of aryl methyl sites for hydroxylation is 1. The number of alkyl halides is 3. The van der Waals surface area contributed by atoms with E-state index in [0.717, 1.165) is 34.7 Å². The van der Waals surface area contributed by atoms with Crippen LogP contribution in [0.3, 0.4) is 0 Å². The summed E-state index contributed by atoms with van der Waals surface area (Å²) in [6.07, 6.45) is -1.06. The standard InChI is InChI=1S/C46H47F4N9O6S2/c1-26-37(67-25-53-26)40-56-55-39(65-40)33-10-9-19-57(33)41(61)38(44(2,3)4)54-34(60)24-63-20-7-8-21-64-30-15-11-27(12-16-30)31-17-14-29(23-52-31)59-43(66)58(42(62)45(59,5)6)32-18-13-28(22-51)35(36(32)47)46(48,49)50/h11-18,23,25,33,38H,7-10,19-21,24H2,1-6H3,(H,54,60). The van der Waals surface area contributed by atoms with Crippen molar-refractivity contribution >= 4 is 57.8 Å². The van der Waals surface area contributed by atoms with Gasteiger partial charge in [0.05, 0.1) is 52.7 Å². The molecule has 0 radical (unpaired) electrons. The first kappa shape index (κ1) is 48.6. The predicted octanol–water partition coefficient (Wildman–Crippen LogP) is 8.58. The first-order chi connectivity index (χ1) is 31.7. The van der Waals surface area contributed by atoms with E-state index in [9.17, 15) is 32.8 Å². The largest absolute Gasteiger partial charge is 0.494 e. The number of likely N-dealkylation sites (tertiary alicyclic amines) is 1. The number of benzene rings is 2. The second-order valence-electron chi connectivity index (χ2n) is 17.6. The van der Waals surface area contributed by atoms with Gasteiger partial charge in [-0.1, -0.05) is 20.8 Å². The number of pyridine rings is 1. The van der Waals surface area contributed by atoms with Crippen molar-refractivity contribution in [3.63, 3.8) is 0 Å². The van der Waals surface area contributed by atoms with Gasteiger partial charge in [0.15, 0.2) is 10.9 Å². The van der Waals surface area contributed by atoms with Crippen molar-refractivity contribution in [1.29, 1.82) is 5.26 Å². The van der Waals surface area contributed by atoms with E-state index in [1.54, 1.807) is 34.7 Å². The number of anilines is 2. The van der Waals surface area contributed by atoms with Crippen LogP contribution in [-0.2, 0) is 25.3 Å². The molecule has 5 aromatic rings. The van der Waals surface area contributed by atoms with E-state index in [1.807, 2.05) is 39.8 Å². The monoisotopic (exact) mass is 961 g/mol. The minimum Gasteiger partial charge on any atom is -0.494 e. The molecule has 2 unspecified atom stereocenters. The molecular weight excluding hydrogens is 915 g/mol. The van der Waals surface area contributed by atoms with Gasteiger partial charge in [0, 0.05) is 18.7 Å². The molecule has 0 bridgehead atoms. The van der Waals surface area contributed by atoms with E-state index in [1.165, 1.54) is 42.4 Å². The van der Waals surface area contributed by atoms with Crippen molar-refractivity contribution in [2.75, 3.05) is 36.2 Å². The van der Waals surface area contributed by atoms with Gasteiger partial charge in [0.25, 0.3) is 11.8 Å². The molecule has 2 fully saturated rings. The molecule has 2 aliphatic rings. The van der Waals surface area contributed by atoms with Crippen molar-refractivity contribution in [3.05, 3.63) is 88.8 Å². The zero-order valence-electron chi connectivity index (χ0n) is 37.4. The molecule has 0 spiro atoms. The Morgan fingerprint density at radius 1 is 1.06 bits per heavy atom. The van der Waals surface area contributed by atoms with Crippen LogP contribution in [0.5, 0.6) is 5.75 Å². The van der Waals surface area contributed by atoms with E-state index >= 15 is 4.39 Å². The lowest BCUT2D eigenvalue weighted by Gasteiger charge is -2.35. The highest BCUT2D eigenvalue weighted by molar-refractivity contribution is 7.81. The lowest BCUT2D eigenvalue weighted by atomic mass is 9.85. The molecule has 0 saturated carbocycles. The summed E-state index contributed by atoms with van der Waals surface area (Å²) < 4.78 is 74.3. The highest BCUT2D eigenvalue weighted by Gasteiger charge is 2.52. The van der Waals surface area contributed by atoms with Crippen molar-refractivity contribution in [1.82, 2.24) is 30.4 Å². The Morgan fingerprint density at radius 2 is 1.79 bits per heavy atom. The molecular formula is C46H47F4N9O6S2. The number of rotatable bonds is 15. The Hall–Kier alpha value is -6.37. The predicted molar refractivity (Wildman–Crippen MR) is 243 cm³/mol. The molecule has 352 valence electrons. The number of thiazole rings is 1. The number of halogens is 4. The normalized spacial score (nSPS) is 16.7. The fourth-order valence-electron chi connectivity index (χ4n) is 7.89. The smallest absolute Gasteiger partial charge is 0.420 e. The zero-order chi connectivity index (χ0) is 48.4. The second-order valence-corrected chi connectivity index (χ2v) is 18.8. The van der Waals surface area contributed by atoms with Gasteiger partial charge in [-0.25, -0.2) is 9.37 Å². The van der Waals surface area contributed by atoms with Gasteiger partial charge in [0.1, 0.15) is 40.4 Å². The van der Waals surface area contributed by atoms with E-state index < -0.39 is 63.7 Å². The molecule has 2 atom stereocenters. The minimum absolute atomic E-state index is 0.217. The molecule has 2 saturated heterocycles. The number of thiocarbonyl (C=S) groups is 1. The quantitative estimate of drug-likeness (QED) is 0.0600. The van der Waals surface area contributed by atoms with Crippen LogP contribution >= 0.6 is 23.6 Å². The first-order valence-electron chi connectivity index (χ1n) is 21.3. The van der Waals surface area contributed by atoms with Crippen LogP contribution in [0.25, 0.3) is 22.0 Å². The van der Waals surface area contributed by atoms with E-state index in [2.05, 4.69) is 25.5 Å². The van der Waals surface area contributed by atoms with Gasteiger partial charge in [-0.2, -0.15) is 18.4 Å². The van der Waals surface area contributed by atoms with Crippen LogP contribution in [0.1, 0.15) is 89.1 Å². The number of aromatic nitrogens is 4. The third-order valence-corrected chi connectivity index (χ3v) is 12.7. The Morgan fingerprint density at radius 3 is 2.43 bits per heavy atom. The number of nitrogens with zero attached hydrogens (tertiary/aromatic N) is 8. The molecule has 0 aliphatic carbocycles. The average Bonchev–Trinajstić information content (AvgIpc) is 4.09. The van der Waals surface area contributed by atoms with Crippen LogP contribution in [0.2, 0.25) is 0 Å². The summed E-state index contributed by atoms with van der Waals surface area (Å²) in [6.45, 7) is 11.5. The van der Waals surface area contributed by atoms with Gasteiger partial charge in [-0.15, -0.1) is 21.5 Å². The maximum atomic E-state index is 15.4. The Labute approximate surface area is 393 Å².